The average Bonchev–Trinajstić information content (AvgIpc) is 2.22. The molecule has 1 aromatic rings. The normalized spacial score (nSPS) is 12.4. The van der Waals surface area contributed by atoms with Gasteiger partial charge in [0.15, 0.2) is 0 Å². The van der Waals surface area contributed by atoms with Gasteiger partial charge in [-0.05, 0) is 34.1 Å². The number of benzene rings is 1. The number of halogens is 6. The lowest BCUT2D eigenvalue weighted by Gasteiger charge is -2.06. The molecule has 1 aromatic carbocycles. The maximum absolute atomic E-state index is 12.1. The molecule has 8 heteroatoms. The van der Waals surface area contributed by atoms with Crippen LogP contribution in [0.1, 0.15) is 0 Å². The molecule has 0 spiro atoms. The summed E-state index contributed by atoms with van der Waals surface area (Å²) < 4.78 is 35.5. The standard InChI is InChI=1S/C10H5BrCl2F3NO/c11-8(9(18)10(14,15)16)4-17-7-2-5(12)1-6(13)3-7/h1-4,17H/b8-4-. The Morgan fingerprint density at radius 2 is 1.72 bits per heavy atom. The van der Waals surface area contributed by atoms with Gasteiger partial charge in [0.2, 0.25) is 0 Å². The minimum atomic E-state index is -4.93. The molecule has 18 heavy (non-hydrogen) atoms. The topological polar surface area (TPSA) is 29.1 Å². The van der Waals surface area contributed by atoms with Gasteiger partial charge in [-0.2, -0.15) is 13.2 Å². The molecule has 0 saturated carbocycles. The third-order valence-corrected chi connectivity index (χ3v) is 2.73. The molecule has 0 heterocycles. The van der Waals surface area contributed by atoms with E-state index in [1.807, 2.05) is 0 Å². The van der Waals surface area contributed by atoms with Crippen molar-refractivity contribution in [1.82, 2.24) is 0 Å². The maximum Gasteiger partial charge on any atom is 0.455 e. The monoisotopic (exact) mass is 361 g/mol. The van der Waals surface area contributed by atoms with Crippen molar-refractivity contribution in [3.8, 4) is 0 Å². The number of ketones is 1. The van der Waals surface area contributed by atoms with Crippen LogP contribution in [0.15, 0.2) is 28.9 Å². The van der Waals surface area contributed by atoms with Crippen molar-refractivity contribution in [2.75, 3.05) is 5.32 Å². The van der Waals surface area contributed by atoms with Crippen molar-refractivity contribution in [3.63, 3.8) is 0 Å². The number of anilines is 1. The van der Waals surface area contributed by atoms with Crippen molar-refractivity contribution < 1.29 is 18.0 Å². The minimum Gasteiger partial charge on any atom is -0.360 e. The number of alkyl halides is 3. The first-order valence-electron chi connectivity index (χ1n) is 4.40. The van der Waals surface area contributed by atoms with Gasteiger partial charge in [0, 0.05) is 21.9 Å². The molecule has 0 fully saturated rings. The van der Waals surface area contributed by atoms with Crippen molar-refractivity contribution >= 4 is 50.6 Å². The summed E-state index contributed by atoms with van der Waals surface area (Å²) in [5, 5.41) is 3.11. The van der Waals surface area contributed by atoms with Crippen LogP contribution in [0.4, 0.5) is 18.9 Å². The Bertz CT molecular complexity index is 482. The first kappa shape index (κ1) is 15.3. The second-order valence-electron chi connectivity index (χ2n) is 3.12. The highest BCUT2D eigenvalue weighted by Gasteiger charge is 2.39. The van der Waals surface area contributed by atoms with Crippen LogP contribution in [0.3, 0.4) is 0 Å². The predicted molar refractivity (Wildman–Crippen MR) is 68.2 cm³/mol. The fourth-order valence-corrected chi connectivity index (χ4v) is 1.85. The summed E-state index contributed by atoms with van der Waals surface area (Å²) in [6, 6.07) is 4.36. The second kappa shape index (κ2) is 5.95. The van der Waals surface area contributed by atoms with Crippen molar-refractivity contribution in [1.29, 1.82) is 0 Å². The predicted octanol–water partition coefficient (Wildman–Crippen LogP) is 4.77. The molecular formula is C10H5BrCl2F3NO. The van der Waals surface area contributed by atoms with Crippen molar-refractivity contribution in [3.05, 3.63) is 38.9 Å². The van der Waals surface area contributed by atoms with E-state index < -0.39 is 16.4 Å². The first-order valence-corrected chi connectivity index (χ1v) is 5.95. The highest BCUT2D eigenvalue weighted by Crippen LogP contribution is 2.25. The molecule has 0 unspecified atom stereocenters. The van der Waals surface area contributed by atoms with Crippen LogP contribution < -0.4 is 5.32 Å². The van der Waals surface area contributed by atoms with Crippen molar-refractivity contribution in [2.24, 2.45) is 0 Å². The van der Waals surface area contributed by atoms with E-state index in [1.54, 1.807) is 0 Å². The number of Topliss-reactive ketones (excluding diaryl/α,β-unsaturated/α-hetero) is 1. The van der Waals surface area contributed by atoms with Gasteiger partial charge < -0.3 is 5.32 Å². The van der Waals surface area contributed by atoms with Crippen LogP contribution in [-0.4, -0.2) is 12.0 Å². The van der Waals surface area contributed by atoms with Gasteiger partial charge in [-0.1, -0.05) is 23.2 Å². The largest absolute Gasteiger partial charge is 0.455 e. The summed E-state index contributed by atoms with van der Waals surface area (Å²) in [4.78, 5) is 10.8. The van der Waals surface area contributed by atoms with Gasteiger partial charge in [0.25, 0.3) is 5.78 Å². The molecule has 98 valence electrons. The van der Waals surface area contributed by atoms with Crippen LogP contribution >= 0.6 is 39.1 Å². The summed E-state index contributed by atoms with van der Waals surface area (Å²) >= 11 is 13.9. The van der Waals surface area contributed by atoms with E-state index in [4.69, 9.17) is 23.2 Å². The molecule has 0 amide bonds. The number of hydrogen-bond donors (Lipinski definition) is 1. The summed E-state index contributed by atoms with van der Waals surface area (Å²) in [6.45, 7) is 0. The first-order chi connectivity index (χ1) is 8.20. The zero-order valence-corrected chi connectivity index (χ0v) is 11.6. The van der Waals surface area contributed by atoms with Crippen LogP contribution in [0.25, 0.3) is 0 Å². The Morgan fingerprint density at radius 1 is 1.22 bits per heavy atom. The highest BCUT2D eigenvalue weighted by molar-refractivity contribution is 9.12. The molecule has 0 atom stereocenters. The third-order valence-electron chi connectivity index (χ3n) is 1.70. The number of carbonyl (C=O) groups is 1. The lowest BCUT2D eigenvalue weighted by atomic mass is 10.3. The summed E-state index contributed by atoms with van der Waals surface area (Å²) in [5.41, 5.74) is 0.361. The zero-order chi connectivity index (χ0) is 13.9. The maximum atomic E-state index is 12.1. The van der Waals surface area contributed by atoms with Gasteiger partial charge >= 0.3 is 6.18 Å². The zero-order valence-electron chi connectivity index (χ0n) is 8.49. The number of rotatable bonds is 3. The Labute approximate surface area is 119 Å². The van der Waals surface area contributed by atoms with Gasteiger partial charge in [-0.15, -0.1) is 0 Å². The second-order valence-corrected chi connectivity index (χ2v) is 4.85. The molecule has 0 aromatic heterocycles. The van der Waals surface area contributed by atoms with E-state index in [0.717, 1.165) is 6.20 Å². The Balaban J connectivity index is 2.83. The molecule has 0 saturated heterocycles. The summed E-state index contributed by atoms with van der Waals surface area (Å²) in [6.07, 6.45) is -4.05. The Kier molecular flexibility index (Phi) is 5.07. The van der Waals surface area contributed by atoms with Gasteiger partial charge in [-0.3, -0.25) is 4.79 Å². The smallest absolute Gasteiger partial charge is 0.360 e. The fourth-order valence-electron chi connectivity index (χ4n) is 0.985. The van der Waals surface area contributed by atoms with Gasteiger partial charge in [0.1, 0.15) is 0 Å². The summed E-state index contributed by atoms with van der Waals surface area (Å²) in [7, 11) is 0. The molecule has 0 aliphatic carbocycles. The number of nitrogens with one attached hydrogen (secondary N) is 1. The molecule has 0 radical (unpaired) electrons. The molecule has 0 aliphatic heterocycles. The number of allylic oxidation sites excluding steroid dienone is 1. The third kappa shape index (κ3) is 4.51. The fraction of sp³-hybridized carbons (Fsp3) is 0.100. The Morgan fingerprint density at radius 3 is 2.17 bits per heavy atom. The lowest BCUT2D eigenvalue weighted by Crippen LogP contribution is -2.22. The van der Waals surface area contributed by atoms with E-state index in [2.05, 4.69) is 21.2 Å². The van der Waals surface area contributed by atoms with E-state index in [-0.39, 0.29) is 0 Å². The molecule has 1 N–H and O–H groups in total. The number of carbonyl (C=O) groups excluding carboxylic acids is 1. The van der Waals surface area contributed by atoms with E-state index in [0.29, 0.717) is 15.7 Å². The molecule has 1 rings (SSSR count). The highest BCUT2D eigenvalue weighted by atomic mass is 79.9. The molecular weight excluding hydrogens is 358 g/mol. The average molecular weight is 363 g/mol. The molecule has 0 bridgehead atoms. The van der Waals surface area contributed by atoms with E-state index in [9.17, 15) is 18.0 Å². The molecule has 2 nitrogen and oxygen atoms in total. The van der Waals surface area contributed by atoms with E-state index in [1.165, 1.54) is 18.2 Å². The van der Waals surface area contributed by atoms with E-state index >= 15 is 0 Å². The van der Waals surface area contributed by atoms with Gasteiger partial charge in [-0.25, -0.2) is 0 Å². The lowest BCUT2D eigenvalue weighted by molar-refractivity contribution is -0.165. The van der Waals surface area contributed by atoms with Gasteiger partial charge in [0.05, 0.1) is 4.48 Å². The van der Waals surface area contributed by atoms with Crippen LogP contribution in [-0.2, 0) is 4.79 Å². The Hall–Kier alpha value is -0.720. The SMILES string of the molecule is O=C(/C(Br)=C/Nc1cc(Cl)cc(Cl)c1)C(F)(F)F. The molecule has 0 aliphatic rings. The van der Waals surface area contributed by atoms with Crippen LogP contribution in [0.2, 0.25) is 10.0 Å². The van der Waals surface area contributed by atoms with Crippen molar-refractivity contribution in [2.45, 2.75) is 6.18 Å². The van der Waals surface area contributed by atoms with Crippen LogP contribution in [0, 0.1) is 0 Å². The van der Waals surface area contributed by atoms with Crippen LogP contribution in [0.5, 0.6) is 0 Å². The minimum absolute atomic E-state index is 0.316. The summed E-state index contributed by atoms with van der Waals surface area (Å²) in [5.74, 6) is -1.98. The quantitative estimate of drug-likeness (QED) is 0.784. The number of hydrogen-bond acceptors (Lipinski definition) is 2.